The molecule has 134 valence electrons. The summed E-state index contributed by atoms with van der Waals surface area (Å²) in [5, 5.41) is 0. The topological polar surface area (TPSA) is 41.4 Å². The number of nitrogens with zero attached hydrogens (tertiary/aromatic N) is 4. The van der Waals surface area contributed by atoms with E-state index in [4.69, 9.17) is 0 Å². The molecular weight excluding hydrogens is 312 g/mol. The third-order valence-electron chi connectivity index (χ3n) is 4.74. The Labute approximate surface area is 150 Å². The molecule has 0 N–H and O–H groups in total. The zero-order valence-electron chi connectivity index (χ0n) is 15.7. The van der Waals surface area contributed by atoms with Gasteiger partial charge in [-0.05, 0) is 52.3 Å². The van der Waals surface area contributed by atoms with Crippen LogP contribution in [0.3, 0.4) is 0 Å². The third-order valence-corrected chi connectivity index (χ3v) is 4.74. The Morgan fingerprint density at radius 3 is 2.60 bits per heavy atom. The molecule has 3 heterocycles. The van der Waals surface area contributed by atoms with Crippen molar-refractivity contribution in [2.45, 2.75) is 39.7 Å². The van der Waals surface area contributed by atoms with E-state index >= 15 is 0 Å². The van der Waals surface area contributed by atoms with E-state index in [0.29, 0.717) is 0 Å². The van der Waals surface area contributed by atoms with Gasteiger partial charge in [0.1, 0.15) is 0 Å². The van der Waals surface area contributed by atoms with Crippen LogP contribution in [0.15, 0.2) is 36.8 Å². The molecule has 5 heteroatoms. The maximum atomic E-state index is 12.9. The molecule has 0 saturated carbocycles. The van der Waals surface area contributed by atoms with E-state index in [0.717, 1.165) is 43.9 Å². The highest BCUT2D eigenvalue weighted by Gasteiger charge is 2.22. The van der Waals surface area contributed by atoms with Crippen LogP contribution in [0.5, 0.6) is 0 Å². The van der Waals surface area contributed by atoms with Gasteiger partial charge in [-0.3, -0.25) is 9.78 Å². The van der Waals surface area contributed by atoms with Gasteiger partial charge < -0.3 is 14.4 Å². The monoisotopic (exact) mass is 340 g/mol. The number of anilines is 1. The number of carbonyl (C=O) groups excluding carboxylic acids is 1. The first-order valence-electron chi connectivity index (χ1n) is 9.00. The van der Waals surface area contributed by atoms with Gasteiger partial charge in [-0.1, -0.05) is 0 Å². The second-order valence-electron chi connectivity index (χ2n) is 7.77. The average molecular weight is 340 g/mol. The molecule has 1 aliphatic rings. The quantitative estimate of drug-likeness (QED) is 0.842. The molecule has 1 saturated heterocycles. The zero-order valence-corrected chi connectivity index (χ0v) is 15.7. The Hall–Kier alpha value is -2.30. The van der Waals surface area contributed by atoms with Gasteiger partial charge in [0, 0.05) is 61.7 Å². The maximum absolute atomic E-state index is 12.9. The molecule has 1 aliphatic heterocycles. The van der Waals surface area contributed by atoms with Crippen molar-refractivity contribution in [2.24, 2.45) is 0 Å². The molecule has 0 radical (unpaired) electrons. The van der Waals surface area contributed by atoms with Crippen molar-refractivity contribution in [2.75, 3.05) is 31.1 Å². The standard InChI is InChI=1S/C20H28N4O/c1-16-14-18(6-8-21-16)22-9-5-10-23(13-12-22)19(25)17-7-11-24(15-17)20(2,3)4/h6-8,11,14-15H,5,9-10,12-13H2,1-4H3. The summed E-state index contributed by atoms with van der Waals surface area (Å²) in [6.07, 6.45) is 6.80. The van der Waals surface area contributed by atoms with Crippen LogP contribution in [0.2, 0.25) is 0 Å². The van der Waals surface area contributed by atoms with E-state index < -0.39 is 0 Å². The number of rotatable bonds is 2. The number of pyridine rings is 1. The summed E-state index contributed by atoms with van der Waals surface area (Å²) < 4.78 is 2.10. The summed E-state index contributed by atoms with van der Waals surface area (Å²) in [7, 11) is 0. The van der Waals surface area contributed by atoms with E-state index in [9.17, 15) is 4.79 Å². The highest BCUT2D eigenvalue weighted by Crippen LogP contribution is 2.19. The molecule has 0 unspecified atom stereocenters. The molecule has 1 fully saturated rings. The zero-order chi connectivity index (χ0) is 18.0. The van der Waals surface area contributed by atoms with Crippen molar-refractivity contribution >= 4 is 11.6 Å². The fourth-order valence-electron chi connectivity index (χ4n) is 3.23. The number of carbonyl (C=O) groups is 1. The first kappa shape index (κ1) is 17.5. The van der Waals surface area contributed by atoms with Gasteiger partial charge >= 0.3 is 0 Å². The van der Waals surface area contributed by atoms with Gasteiger partial charge in [0.25, 0.3) is 5.91 Å². The molecule has 0 bridgehead atoms. The Morgan fingerprint density at radius 1 is 1.12 bits per heavy atom. The summed E-state index contributed by atoms with van der Waals surface area (Å²) in [6.45, 7) is 11.8. The lowest BCUT2D eigenvalue weighted by Crippen LogP contribution is -2.35. The highest BCUT2D eigenvalue weighted by atomic mass is 16.2. The summed E-state index contributed by atoms with van der Waals surface area (Å²) in [5.41, 5.74) is 3.00. The van der Waals surface area contributed by atoms with Gasteiger partial charge in [0.15, 0.2) is 0 Å². The average Bonchev–Trinajstić information content (AvgIpc) is 2.93. The van der Waals surface area contributed by atoms with Crippen LogP contribution in [-0.2, 0) is 5.54 Å². The number of aromatic nitrogens is 2. The Kier molecular flexibility index (Phi) is 4.84. The lowest BCUT2D eigenvalue weighted by molar-refractivity contribution is 0.0767. The highest BCUT2D eigenvalue weighted by molar-refractivity contribution is 5.94. The van der Waals surface area contributed by atoms with Crippen molar-refractivity contribution in [3.8, 4) is 0 Å². The molecule has 0 aliphatic carbocycles. The largest absolute Gasteiger partial charge is 0.370 e. The summed E-state index contributed by atoms with van der Waals surface area (Å²) in [6, 6.07) is 6.09. The number of amides is 1. The lowest BCUT2D eigenvalue weighted by atomic mass is 10.1. The molecule has 3 rings (SSSR count). The molecule has 0 atom stereocenters. The van der Waals surface area contributed by atoms with Crippen LogP contribution in [-0.4, -0.2) is 46.5 Å². The van der Waals surface area contributed by atoms with E-state index in [1.165, 1.54) is 5.69 Å². The van der Waals surface area contributed by atoms with Crippen LogP contribution >= 0.6 is 0 Å². The summed E-state index contributed by atoms with van der Waals surface area (Å²) >= 11 is 0. The fraction of sp³-hybridized carbons (Fsp3) is 0.500. The predicted octanol–water partition coefficient (Wildman–Crippen LogP) is 3.30. The summed E-state index contributed by atoms with van der Waals surface area (Å²) in [5.74, 6) is 0.135. The third kappa shape index (κ3) is 4.03. The normalized spacial score (nSPS) is 16.0. The Bertz CT molecular complexity index is 744. The minimum atomic E-state index is -0.00663. The minimum Gasteiger partial charge on any atom is -0.370 e. The molecule has 25 heavy (non-hydrogen) atoms. The molecule has 1 amide bonds. The van der Waals surface area contributed by atoms with Crippen molar-refractivity contribution in [1.82, 2.24) is 14.5 Å². The van der Waals surface area contributed by atoms with Crippen LogP contribution in [0.4, 0.5) is 5.69 Å². The smallest absolute Gasteiger partial charge is 0.255 e. The van der Waals surface area contributed by atoms with Crippen LogP contribution in [0.25, 0.3) is 0 Å². The maximum Gasteiger partial charge on any atom is 0.255 e. The van der Waals surface area contributed by atoms with Crippen molar-refractivity contribution in [3.63, 3.8) is 0 Å². The fourth-order valence-corrected chi connectivity index (χ4v) is 3.23. The van der Waals surface area contributed by atoms with Crippen molar-refractivity contribution in [3.05, 3.63) is 48.0 Å². The van der Waals surface area contributed by atoms with Gasteiger partial charge in [0.05, 0.1) is 5.56 Å². The molecule has 2 aromatic heterocycles. The first-order chi connectivity index (χ1) is 11.8. The molecule has 0 spiro atoms. The minimum absolute atomic E-state index is 0.00663. The molecule has 0 aromatic carbocycles. The second-order valence-corrected chi connectivity index (χ2v) is 7.77. The first-order valence-corrected chi connectivity index (χ1v) is 9.00. The van der Waals surface area contributed by atoms with Gasteiger partial charge in [-0.25, -0.2) is 0 Å². The van der Waals surface area contributed by atoms with Crippen LogP contribution in [0.1, 0.15) is 43.2 Å². The predicted molar refractivity (Wildman–Crippen MR) is 101 cm³/mol. The van der Waals surface area contributed by atoms with Gasteiger partial charge in [-0.15, -0.1) is 0 Å². The van der Waals surface area contributed by atoms with E-state index in [-0.39, 0.29) is 11.4 Å². The number of hydrogen-bond acceptors (Lipinski definition) is 3. The van der Waals surface area contributed by atoms with E-state index in [1.807, 2.05) is 42.5 Å². The van der Waals surface area contributed by atoms with Crippen LogP contribution in [0, 0.1) is 6.92 Å². The number of aryl methyl sites for hydroxylation is 1. The second kappa shape index (κ2) is 6.90. The van der Waals surface area contributed by atoms with Crippen molar-refractivity contribution < 1.29 is 4.79 Å². The Morgan fingerprint density at radius 2 is 1.92 bits per heavy atom. The van der Waals surface area contributed by atoms with Gasteiger partial charge in [-0.2, -0.15) is 0 Å². The van der Waals surface area contributed by atoms with Crippen molar-refractivity contribution in [1.29, 1.82) is 0 Å². The number of hydrogen-bond donors (Lipinski definition) is 0. The van der Waals surface area contributed by atoms with E-state index in [1.54, 1.807) is 0 Å². The Balaban J connectivity index is 1.68. The molecule has 5 nitrogen and oxygen atoms in total. The molecular formula is C20H28N4O. The van der Waals surface area contributed by atoms with Gasteiger partial charge in [0.2, 0.25) is 0 Å². The van der Waals surface area contributed by atoms with Crippen LogP contribution < -0.4 is 4.90 Å². The lowest BCUT2D eigenvalue weighted by Gasteiger charge is -2.24. The SMILES string of the molecule is Cc1cc(N2CCCN(C(=O)c3ccn(C(C)(C)C)c3)CC2)ccn1. The molecule has 2 aromatic rings. The van der Waals surface area contributed by atoms with E-state index in [2.05, 4.69) is 41.3 Å². The summed E-state index contributed by atoms with van der Waals surface area (Å²) in [4.78, 5) is 21.5.